The second-order valence-electron chi connectivity index (χ2n) is 6.67. The summed E-state index contributed by atoms with van der Waals surface area (Å²) < 4.78 is 2.11. The number of carbonyl (C=O) groups is 1. The van der Waals surface area contributed by atoms with Crippen LogP contribution in [0.4, 0.5) is 0 Å². The van der Waals surface area contributed by atoms with Crippen LogP contribution in [0, 0.1) is 13.8 Å². The van der Waals surface area contributed by atoms with Crippen molar-refractivity contribution in [2.75, 3.05) is 0 Å². The molecule has 0 unspecified atom stereocenters. The Morgan fingerprint density at radius 2 is 1.96 bits per heavy atom. The van der Waals surface area contributed by atoms with Crippen molar-refractivity contribution in [3.63, 3.8) is 0 Å². The lowest BCUT2D eigenvalue weighted by Gasteiger charge is -2.17. The molecular formula is C18H23ClN2OS. The molecular weight excluding hydrogens is 328 g/mol. The number of amides is 1. The molecule has 1 aromatic heterocycles. The lowest BCUT2D eigenvalue weighted by atomic mass is 9.93. The molecule has 0 N–H and O–H groups in total. The molecule has 0 fully saturated rings. The summed E-state index contributed by atoms with van der Waals surface area (Å²) in [7, 11) is 0. The van der Waals surface area contributed by atoms with Gasteiger partial charge in [-0.3, -0.25) is 4.79 Å². The summed E-state index contributed by atoms with van der Waals surface area (Å²) in [6.45, 7) is 13.4. The first-order valence-corrected chi connectivity index (χ1v) is 8.90. The number of aryl methyl sites for hydroxylation is 1. The topological polar surface area (TPSA) is 34.4 Å². The predicted molar refractivity (Wildman–Crippen MR) is 97.5 cm³/mol. The molecule has 3 nitrogen and oxygen atoms in total. The predicted octanol–water partition coefficient (Wildman–Crippen LogP) is 4.88. The van der Waals surface area contributed by atoms with Crippen LogP contribution in [0.3, 0.4) is 0 Å². The molecule has 2 aromatic rings. The van der Waals surface area contributed by atoms with Crippen LogP contribution in [0.5, 0.6) is 0 Å². The SMILES string of the molecule is CCn1c(C)c(C(C)(C)C)sc1=NC(=O)c1ccc(Cl)cc1C. The Labute approximate surface area is 146 Å². The highest BCUT2D eigenvalue weighted by Gasteiger charge is 2.21. The Hall–Kier alpha value is -1.39. The zero-order valence-electron chi connectivity index (χ0n) is 14.5. The average Bonchev–Trinajstić information content (AvgIpc) is 2.74. The Morgan fingerprint density at radius 1 is 1.30 bits per heavy atom. The Balaban J connectivity index is 2.57. The van der Waals surface area contributed by atoms with Crippen LogP contribution in [-0.4, -0.2) is 10.5 Å². The molecule has 23 heavy (non-hydrogen) atoms. The maximum Gasteiger partial charge on any atom is 0.279 e. The van der Waals surface area contributed by atoms with Crippen LogP contribution in [0.15, 0.2) is 23.2 Å². The Morgan fingerprint density at radius 3 is 2.48 bits per heavy atom. The van der Waals surface area contributed by atoms with E-state index in [1.807, 2.05) is 6.92 Å². The molecule has 1 amide bonds. The van der Waals surface area contributed by atoms with Crippen molar-refractivity contribution in [2.24, 2.45) is 4.99 Å². The molecule has 0 aliphatic carbocycles. The van der Waals surface area contributed by atoms with Gasteiger partial charge in [0.1, 0.15) is 0 Å². The number of benzene rings is 1. The van der Waals surface area contributed by atoms with E-state index in [9.17, 15) is 4.79 Å². The summed E-state index contributed by atoms with van der Waals surface area (Å²) in [5.41, 5.74) is 2.67. The number of nitrogens with zero attached hydrogens (tertiary/aromatic N) is 2. The zero-order valence-corrected chi connectivity index (χ0v) is 16.1. The van der Waals surface area contributed by atoms with Gasteiger partial charge in [-0.15, -0.1) is 11.3 Å². The van der Waals surface area contributed by atoms with Crippen molar-refractivity contribution in [3.05, 3.63) is 49.7 Å². The average molecular weight is 351 g/mol. The Bertz CT molecular complexity index is 809. The van der Waals surface area contributed by atoms with E-state index in [-0.39, 0.29) is 11.3 Å². The molecule has 0 aliphatic heterocycles. The summed E-state index contributed by atoms with van der Waals surface area (Å²) >= 11 is 7.56. The molecule has 0 bridgehead atoms. The highest BCUT2D eigenvalue weighted by atomic mass is 35.5. The molecule has 0 saturated carbocycles. The largest absolute Gasteiger partial charge is 0.321 e. The van der Waals surface area contributed by atoms with Gasteiger partial charge in [-0.2, -0.15) is 4.99 Å². The van der Waals surface area contributed by atoms with Gasteiger partial charge in [-0.25, -0.2) is 0 Å². The minimum atomic E-state index is -0.219. The minimum Gasteiger partial charge on any atom is -0.321 e. The second kappa shape index (κ2) is 6.62. The van der Waals surface area contributed by atoms with E-state index in [0.717, 1.165) is 16.9 Å². The normalized spacial score (nSPS) is 12.7. The first-order chi connectivity index (χ1) is 10.6. The lowest BCUT2D eigenvalue weighted by Crippen LogP contribution is -2.18. The van der Waals surface area contributed by atoms with Gasteiger partial charge >= 0.3 is 0 Å². The molecule has 0 saturated heterocycles. The fourth-order valence-electron chi connectivity index (χ4n) is 2.65. The van der Waals surface area contributed by atoms with E-state index in [1.165, 1.54) is 10.6 Å². The molecule has 2 rings (SSSR count). The standard InChI is InChI=1S/C18H23ClN2OS/c1-7-21-12(3)15(18(4,5)6)23-17(21)20-16(22)14-9-8-13(19)10-11(14)2/h8-10H,7H2,1-6H3. The van der Waals surface area contributed by atoms with Crippen LogP contribution in [-0.2, 0) is 12.0 Å². The number of halogens is 1. The van der Waals surface area contributed by atoms with Crippen LogP contribution >= 0.6 is 22.9 Å². The Kier molecular flexibility index (Phi) is 5.17. The van der Waals surface area contributed by atoms with Crippen molar-refractivity contribution >= 4 is 28.8 Å². The smallest absolute Gasteiger partial charge is 0.279 e. The number of aromatic nitrogens is 1. The molecule has 124 valence electrons. The quantitative estimate of drug-likeness (QED) is 0.760. The van der Waals surface area contributed by atoms with Gasteiger partial charge < -0.3 is 4.57 Å². The third-order valence-corrected chi connectivity index (χ3v) is 5.61. The zero-order chi connectivity index (χ0) is 17.4. The van der Waals surface area contributed by atoms with E-state index in [4.69, 9.17) is 11.6 Å². The fraction of sp³-hybridized carbons (Fsp3) is 0.444. The molecule has 0 spiro atoms. The van der Waals surface area contributed by atoms with Crippen molar-refractivity contribution in [2.45, 2.75) is 53.5 Å². The van der Waals surface area contributed by atoms with Crippen LogP contribution in [0.25, 0.3) is 0 Å². The molecule has 5 heteroatoms. The van der Waals surface area contributed by atoms with Crippen LogP contribution in [0.1, 0.15) is 54.2 Å². The minimum absolute atomic E-state index is 0.0404. The summed E-state index contributed by atoms with van der Waals surface area (Å²) in [6.07, 6.45) is 0. The highest BCUT2D eigenvalue weighted by Crippen LogP contribution is 2.28. The van der Waals surface area contributed by atoms with Gasteiger partial charge in [0.2, 0.25) is 0 Å². The van der Waals surface area contributed by atoms with Gasteiger partial charge in [0.15, 0.2) is 4.80 Å². The van der Waals surface area contributed by atoms with Crippen molar-refractivity contribution in [1.29, 1.82) is 0 Å². The van der Waals surface area contributed by atoms with Gasteiger partial charge in [-0.1, -0.05) is 32.4 Å². The first-order valence-electron chi connectivity index (χ1n) is 7.71. The summed E-state index contributed by atoms with van der Waals surface area (Å²) in [6, 6.07) is 5.26. The molecule has 1 heterocycles. The van der Waals surface area contributed by atoms with Crippen LogP contribution < -0.4 is 4.80 Å². The van der Waals surface area contributed by atoms with E-state index in [1.54, 1.807) is 29.5 Å². The molecule has 1 aromatic carbocycles. The first kappa shape index (κ1) is 18.0. The van der Waals surface area contributed by atoms with Crippen molar-refractivity contribution < 1.29 is 4.79 Å². The summed E-state index contributed by atoms with van der Waals surface area (Å²) in [4.78, 5) is 19.0. The van der Waals surface area contributed by atoms with Crippen molar-refractivity contribution in [3.8, 4) is 0 Å². The lowest BCUT2D eigenvalue weighted by molar-refractivity contribution is 0.0997. The van der Waals surface area contributed by atoms with E-state index >= 15 is 0 Å². The second-order valence-corrected chi connectivity index (χ2v) is 8.08. The molecule has 0 atom stereocenters. The number of carbonyl (C=O) groups excluding carboxylic acids is 1. The fourth-order valence-corrected chi connectivity index (χ4v) is 4.13. The maximum absolute atomic E-state index is 12.6. The molecule has 0 radical (unpaired) electrons. The third-order valence-electron chi connectivity index (χ3n) is 3.77. The number of hydrogen-bond donors (Lipinski definition) is 0. The van der Waals surface area contributed by atoms with Crippen LogP contribution in [0.2, 0.25) is 5.02 Å². The van der Waals surface area contributed by atoms with Gasteiger partial charge in [0.25, 0.3) is 5.91 Å². The number of rotatable bonds is 2. The highest BCUT2D eigenvalue weighted by molar-refractivity contribution is 7.09. The number of thiazole rings is 1. The van der Waals surface area contributed by atoms with E-state index in [2.05, 4.69) is 44.2 Å². The van der Waals surface area contributed by atoms with E-state index < -0.39 is 0 Å². The van der Waals surface area contributed by atoms with Gasteiger partial charge in [0, 0.05) is 27.7 Å². The third kappa shape index (κ3) is 3.75. The summed E-state index contributed by atoms with van der Waals surface area (Å²) in [5, 5.41) is 0.629. The summed E-state index contributed by atoms with van der Waals surface area (Å²) in [5.74, 6) is -0.219. The molecule has 0 aliphatic rings. The van der Waals surface area contributed by atoms with E-state index in [0.29, 0.717) is 10.6 Å². The number of hydrogen-bond acceptors (Lipinski definition) is 2. The maximum atomic E-state index is 12.6. The van der Waals surface area contributed by atoms with Gasteiger partial charge in [-0.05, 0) is 49.9 Å². The van der Waals surface area contributed by atoms with Crippen molar-refractivity contribution in [1.82, 2.24) is 4.57 Å². The van der Waals surface area contributed by atoms with Gasteiger partial charge in [0.05, 0.1) is 0 Å². The monoisotopic (exact) mass is 350 g/mol.